The quantitative estimate of drug-likeness (QED) is 0.662. The number of piperidine rings is 1. The van der Waals surface area contributed by atoms with Gasteiger partial charge in [-0.05, 0) is 45.6 Å². The highest BCUT2D eigenvalue weighted by Crippen LogP contribution is 2.14. The molecule has 2 rings (SSSR count). The number of rotatable bonds is 7. The summed E-state index contributed by atoms with van der Waals surface area (Å²) < 4.78 is 5.21. The van der Waals surface area contributed by atoms with Crippen molar-refractivity contribution in [3.8, 4) is 0 Å². The van der Waals surface area contributed by atoms with Crippen LogP contribution in [0.5, 0.6) is 0 Å². The van der Waals surface area contributed by atoms with Crippen molar-refractivity contribution in [1.29, 1.82) is 0 Å². The van der Waals surface area contributed by atoms with Crippen LogP contribution in [0.2, 0.25) is 0 Å². The molecule has 1 aromatic carbocycles. The maximum atomic E-state index is 12.6. The van der Waals surface area contributed by atoms with Crippen LogP contribution in [0, 0.1) is 0 Å². The molecule has 0 bridgehead atoms. The standard InChI is InChI=1S/C21H33N3O4/c1-21(2,3)28-20(27)23-18(11-14-25)19(26)22-17-9-12-24(13-10-17)15-16-7-5-4-6-8-16/h4-8,17-18,25H,9-15H2,1-3H3,(H,22,26)(H,23,27)/t18-/m0/s1. The maximum absolute atomic E-state index is 12.6. The average Bonchev–Trinajstić information content (AvgIpc) is 2.62. The minimum atomic E-state index is -0.804. The van der Waals surface area contributed by atoms with Gasteiger partial charge in [0.1, 0.15) is 11.6 Å². The Hall–Kier alpha value is -2.12. The minimum Gasteiger partial charge on any atom is -0.444 e. The highest BCUT2D eigenvalue weighted by atomic mass is 16.6. The van der Waals surface area contributed by atoms with Crippen molar-refractivity contribution in [2.24, 2.45) is 0 Å². The lowest BCUT2D eigenvalue weighted by atomic mass is 10.0. The second-order valence-electron chi connectivity index (χ2n) is 8.26. The molecule has 1 fully saturated rings. The summed E-state index contributed by atoms with van der Waals surface area (Å²) in [6.45, 7) is 7.82. The van der Waals surface area contributed by atoms with E-state index in [1.54, 1.807) is 20.8 Å². The lowest BCUT2D eigenvalue weighted by Crippen LogP contribution is -2.53. The SMILES string of the molecule is CC(C)(C)OC(=O)N[C@@H](CCO)C(=O)NC1CCN(Cc2ccccc2)CC1. The largest absolute Gasteiger partial charge is 0.444 e. The average molecular weight is 392 g/mol. The van der Waals surface area contributed by atoms with E-state index in [-0.39, 0.29) is 25.0 Å². The van der Waals surface area contributed by atoms with Gasteiger partial charge >= 0.3 is 6.09 Å². The Bertz CT molecular complexity index is 622. The molecular formula is C21H33N3O4. The second kappa shape index (κ2) is 10.4. The van der Waals surface area contributed by atoms with Gasteiger partial charge in [-0.1, -0.05) is 30.3 Å². The van der Waals surface area contributed by atoms with Crippen molar-refractivity contribution in [2.75, 3.05) is 19.7 Å². The normalized spacial score (nSPS) is 17.0. The fourth-order valence-electron chi connectivity index (χ4n) is 3.23. The van der Waals surface area contributed by atoms with E-state index in [1.165, 1.54) is 5.56 Å². The van der Waals surface area contributed by atoms with E-state index >= 15 is 0 Å². The number of carbonyl (C=O) groups excluding carboxylic acids is 2. The lowest BCUT2D eigenvalue weighted by Gasteiger charge is -2.33. The van der Waals surface area contributed by atoms with Crippen LogP contribution in [0.25, 0.3) is 0 Å². The molecule has 0 aliphatic carbocycles. The van der Waals surface area contributed by atoms with Crippen LogP contribution >= 0.6 is 0 Å². The molecule has 0 radical (unpaired) electrons. The minimum absolute atomic E-state index is 0.0705. The van der Waals surface area contributed by atoms with E-state index < -0.39 is 17.7 Å². The van der Waals surface area contributed by atoms with Gasteiger partial charge in [-0.2, -0.15) is 0 Å². The van der Waals surface area contributed by atoms with Gasteiger partial charge < -0.3 is 20.5 Å². The summed E-state index contributed by atoms with van der Waals surface area (Å²) in [4.78, 5) is 26.9. The first kappa shape index (κ1) is 22.2. The van der Waals surface area contributed by atoms with Gasteiger partial charge in [0.25, 0.3) is 0 Å². The van der Waals surface area contributed by atoms with Gasteiger partial charge in [0.05, 0.1) is 0 Å². The smallest absolute Gasteiger partial charge is 0.408 e. The molecule has 1 heterocycles. The molecule has 1 saturated heterocycles. The number of likely N-dealkylation sites (tertiary alicyclic amines) is 1. The number of benzene rings is 1. The number of aliphatic hydroxyl groups excluding tert-OH is 1. The van der Waals surface area contributed by atoms with Crippen molar-refractivity contribution < 1.29 is 19.4 Å². The van der Waals surface area contributed by atoms with Gasteiger partial charge in [-0.3, -0.25) is 9.69 Å². The van der Waals surface area contributed by atoms with Crippen molar-refractivity contribution in [1.82, 2.24) is 15.5 Å². The Balaban J connectivity index is 1.79. The molecule has 156 valence electrons. The van der Waals surface area contributed by atoms with Crippen LogP contribution in [0.3, 0.4) is 0 Å². The van der Waals surface area contributed by atoms with Gasteiger partial charge in [0.2, 0.25) is 5.91 Å². The van der Waals surface area contributed by atoms with Crippen molar-refractivity contribution in [3.05, 3.63) is 35.9 Å². The second-order valence-corrected chi connectivity index (χ2v) is 8.26. The maximum Gasteiger partial charge on any atom is 0.408 e. The first-order chi connectivity index (χ1) is 13.3. The van der Waals surface area contributed by atoms with Gasteiger partial charge in [0.15, 0.2) is 0 Å². The van der Waals surface area contributed by atoms with Crippen LogP contribution in [0.4, 0.5) is 4.79 Å². The van der Waals surface area contributed by atoms with E-state index in [9.17, 15) is 14.7 Å². The Morgan fingerprint density at radius 1 is 1.21 bits per heavy atom. The topological polar surface area (TPSA) is 90.9 Å². The first-order valence-electron chi connectivity index (χ1n) is 9.94. The molecule has 1 aliphatic heterocycles. The molecule has 7 heteroatoms. The number of ether oxygens (including phenoxy) is 1. The molecule has 0 spiro atoms. The molecule has 28 heavy (non-hydrogen) atoms. The van der Waals surface area contributed by atoms with Gasteiger partial charge in [-0.15, -0.1) is 0 Å². The molecule has 1 atom stereocenters. The number of nitrogens with one attached hydrogen (secondary N) is 2. The van der Waals surface area contributed by atoms with Crippen molar-refractivity contribution >= 4 is 12.0 Å². The molecule has 1 aromatic rings. The van der Waals surface area contributed by atoms with E-state index in [0.717, 1.165) is 32.5 Å². The molecule has 1 aliphatic rings. The van der Waals surface area contributed by atoms with Gasteiger partial charge in [0, 0.05) is 32.3 Å². The Morgan fingerprint density at radius 2 is 1.86 bits per heavy atom. The fourth-order valence-corrected chi connectivity index (χ4v) is 3.23. The third-order valence-corrected chi connectivity index (χ3v) is 4.61. The summed E-state index contributed by atoms with van der Waals surface area (Å²) in [6.07, 6.45) is 1.21. The van der Waals surface area contributed by atoms with Crippen molar-refractivity contribution in [2.45, 2.75) is 64.3 Å². The fraction of sp³-hybridized carbons (Fsp3) is 0.619. The summed E-state index contributed by atoms with van der Waals surface area (Å²) in [5.41, 5.74) is 0.644. The van der Waals surface area contributed by atoms with E-state index in [4.69, 9.17) is 4.74 Å². The van der Waals surface area contributed by atoms with Crippen molar-refractivity contribution in [3.63, 3.8) is 0 Å². The van der Waals surface area contributed by atoms with Crippen LogP contribution in [0.1, 0.15) is 45.6 Å². The van der Waals surface area contributed by atoms with Gasteiger partial charge in [-0.25, -0.2) is 4.79 Å². The zero-order valence-electron chi connectivity index (χ0n) is 17.1. The number of hydrogen-bond donors (Lipinski definition) is 3. The predicted octanol–water partition coefficient (Wildman–Crippen LogP) is 2.04. The molecule has 2 amide bonds. The van der Waals surface area contributed by atoms with Crippen LogP contribution in [-0.2, 0) is 16.1 Å². The number of nitrogens with zero attached hydrogens (tertiary/aromatic N) is 1. The number of hydrogen-bond acceptors (Lipinski definition) is 5. The predicted molar refractivity (Wildman–Crippen MR) is 108 cm³/mol. The molecule has 0 saturated carbocycles. The summed E-state index contributed by atoms with van der Waals surface area (Å²) >= 11 is 0. The first-order valence-corrected chi connectivity index (χ1v) is 9.94. The highest BCUT2D eigenvalue weighted by molar-refractivity contribution is 5.85. The Morgan fingerprint density at radius 3 is 2.43 bits per heavy atom. The zero-order valence-corrected chi connectivity index (χ0v) is 17.1. The molecule has 3 N–H and O–H groups in total. The molecule has 0 aromatic heterocycles. The molecular weight excluding hydrogens is 358 g/mol. The van der Waals surface area contributed by atoms with Crippen LogP contribution < -0.4 is 10.6 Å². The van der Waals surface area contributed by atoms with E-state index in [1.807, 2.05) is 18.2 Å². The summed E-state index contributed by atoms with van der Waals surface area (Å²) in [7, 11) is 0. The summed E-state index contributed by atoms with van der Waals surface area (Å²) in [5, 5.41) is 14.8. The Kier molecular flexibility index (Phi) is 8.26. The number of aliphatic hydroxyl groups is 1. The number of alkyl carbamates (subject to hydrolysis) is 1. The van der Waals surface area contributed by atoms with Crippen LogP contribution in [0.15, 0.2) is 30.3 Å². The number of carbonyl (C=O) groups is 2. The van der Waals surface area contributed by atoms with E-state index in [0.29, 0.717) is 0 Å². The van der Waals surface area contributed by atoms with E-state index in [2.05, 4.69) is 27.7 Å². The van der Waals surface area contributed by atoms with Crippen LogP contribution in [-0.4, -0.2) is 59.4 Å². The summed E-state index contributed by atoms with van der Waals surface area (Å²) in [5.74, 6) is -0.276. The molecule has 7 nitrogen and oxygen atoms in total. The zero-order chi connectivity index (χ0) is 20.6. The number of amides is 2. The Labute approximate surface area is 167 Å². The third kappa shape index (κ3) is 7.86. The highest BCUT2D eigenvalue weighted by Gasteiger charge is 2.27. The summed E-state index contributed by atoms with van der Waals surface area (Å²) in [6, 6.07) is 9.61. The third-order valence-electron chi connectivity index (χ3n) is 4.61. The monoisotopic (exact) mass is 391 g/mol. The molecule has 0 unspecified atom stereocenters. The lowest BCUT2D eigenvalue weighted by molar-refractivity contribution is -0.124.